The SMILES string of the molecule is COc1cc(OC(C)=O)c(C(=O)/C=C/c2ccccc2)c(OC(C)=O)c1. The molecule has 0 unspecified atom stereocenters. The molecule has 26 heavy (non-hydrogen) atoms. The van der Waals surface area contributed by atoms with Gasteiger partial charge in [0.05, 0.1) is 7.11 Å². The maximum absolute atomic E-state index is 12.7. The molecule has 0 saturated carbocycles. The minimum atomic E-state index is -0.617. The summed E-state index contributed by atoms with van der Waals surface area (Å²) in [4.78, 5) is 35.5. The van der Waals surface area contributed by atoms with E-state index in [1.807, 2.05) is 30.3 Å². The molecule has 2 rings (SSSR count). The Balaban J connectivity index is 2.51. The molecule has 0 bridgehead atoms. The molecule has 0 fully saturated rings. The first kappa shape index (κ1) is 18.9. The van der Waals surface area contributed by atoms with Crippen LogP contribution in [-0.2, 0) is 9.59 Å². The van der Waals surface area contributed by atoms with Gasteiger partial charge in [-0.25, -0.2) is 0 Å². The maximum Gasteiger partial charge on any atom is 0.308 e. The predicted molar refractivity (Wildman–Crippen MR) is 95.4 cm³/mol. The van der Waals surface area contributed by atoms with Gasteiger partial charge in [-0.1, -0.05) is 36.4 Å². The topological polar surface area (TPSA) is 78.9 Å². The fourth-order valence-corrected chi connectivity index (χ4v) is 2.22. The molecule has 0 aliphatic heterocycles. The molecule has 0 aliphatic rings. The monoisotopic (exact) mass is 354 g/mol. The Bertz CT molecular complexity index is 815. The second-order valence-electron chi connectivity index (χ2n) is 5.29. The van der Waals surface area contributed by atoms with Crippen molar-refractivity contribution >= 4 is 23.8 Å². The third kappa shape index (κ3) is 5.04. The Kier molecular flexibility index (Phi) is 6.27. The van der Waals surface area contributed by atoms with E-state index in [4.69, 9.17) is 14.2 Å². The first-order valence-electron chi connectivity index (χ1n) is 7.77. The third-order valence-electron chi connectivity index (χ3n) is 3.26. The van der Waals surface area contributed by atoms with E-state index in [0.29, 0.717) is 0 Å². The zero-order valence-corrected chi connectivity index (χ0v) is 14.6. The van der Waals surface area contributed by atoms with E-state index in [9.17, 15) is 14.4 Å². The second kappa shape index (κ2) is 8.62. The molecule has 0 amide bonds. The van der Waals surface area contributed by atoms with Crippen LogP contribution in [0.5, 0.6) is 17.2 Å². The Morgan fingerprint density at radius 1 is 0.885 bits per heavy atom. The second-order valence-corrected chi connectivity index (χ2v) is 5.29. The summed E-state index contributed by atoms with van der Waals surface area (Å²) in [6.07, 6.45) is 2.93. The Morgan fingerprint density at radius 3 is 1.88 bits per heavy atom. The molecule has 6 heteroatoms. The summed E-state index contributed by atoms with van der Waals surface area (Å²) in [5.74, 6) is -1.53. The van der Waals surface area contributed by atoms with Gasteiger partial charge >= 0.3 is 11.9 Å². The van der Waals surface area contributed by atoms with E-state index in [1.165, 1.54) is 39.2 Å². The number of rotatable bonds is 6. The first-order valence-corrected chi connectivity index (χ1v) is 7.77. The zero-order chi connectivity index (χ0) is 19.1. The standard InChI is InChI=1S/C20H18O6/c1-13(21)25-18-11-16(24-3)12-19(26-14(2)22)20(18)17(23)10-9-15-7-5-4-6-8-15/h4-12H,1-3H3/b10-9+. The van der Waals surface area contributed by atoms with Gasteiger partial charge in [-0.05, 0) is 11.6 Å². The molecule has 0 aliphatic carbocycles. The number of ether oxygens (including phenoxy) is 3. The van der Waals surface area contributed by atoms with Crippen molar-refractivity contribution in [2.75, 3.05) is 7.11 Å². The minimum Gasteiger partial charge on any atom is -0.496 e. The summed E-state index contributed by atoms with van der Waals surface area (Å²) in [6, 6.07) is 12.0. The van der Waals surface area contributed by atoms with Crippen LogP contribution in [-0.4, -0.2) is 24.8 Å². The van der Waals surface area contributed by atoms with Gasteiger partial charge in [0, 0.05) is 26.0 Å². The molecular weight excluding hydrogens is 336 g/mol. The first-order chi connectivity index (χ1) is 12.4. The lowest BCUT2D eigenvalue weighted by Crippen LogP contribution is -2.11. The number of methoxy groups -OCH3 is 1. The van der Waals surface area contributed by atoms with Crippen molar-refractivity contribution in [1.29, 1.82) is 0 Å². The van der Waals surface area contributed by atoms with Crippen LogP contribution in [0.3, 0.4) is 0 Å². The normalized spacial score (nSPS) is 10.4. The summed E-state index contributed by atoms with van der Waals surface area (Å²) in [7, 11) is 1.40. The summed E-state index contributed by atoms with van der Waals surface area (Å²) in [6.45, 7) is 2.41. The van der Waals surface area contributed by atoms with Gasteiger partial charge in [0.15, 0.2) is 5.78 Å². The number of hydrogen-bond acceptors (Lipinski definition) is 6. The molecule has 0 saturated heterocycles. The van der Waals surface area contributed by atoms with Gasteiger partial charge in [-0.3, -0.25) is 14.4 Å². The zero-order valence-electron chi connectivity index (χ0n) is 14.6. The lowest BCUT2D eigenvalue weighted by atomic mass is 10.1. The van der Waals surface area contributed by atoms with Crippen molar-refractivity contribution in [1.82, 2.24) is 0 Å². The van der Waals surface area contributed by atoms with E-state index >= 15 is 0 Å². The van der Waals surface area contributed by atoms with Crippen LogP contribution in [0.2, 0.25) is 0 Å². The number of carbonyl (C=O) groups excluding carboxylic acids is 3. The van der Waals surface area contributed by atoms with Crippen LogP contribution in [0.15, 0.2) is 48.5 Å². The van der Waals surface area contributed by atoms with Gasteiger partial charge in [-0.15, -0.1) is 0 Å². The largest absolute Gasteiger partial charge is 0.496 e. The maximum atomic E-state index is 12.7. The molecule has 0 radical (unpaired) electrons. The molecule has 0 aromatic heterocycles. The summed E-state index contributed by atoms with van der Waals surface area (Å²) in [5.41, 5.74) is 0.779. The molecule has 0 N–H and O–H groups in total. The highest BCUT2D eigenvalue weighted by molar-refractivity contribution is 6.11. The van der Waals surface area contributed by atoms with E-state index < -0.39 is 17.7 Å². The summed E-state index contributed by atoms with van der Waals surface area (Å²) < 4.78 is 15.3. The highest BCUT2D eigenvalue weighted by Gasteiger charge is 2.21. The van der Waals surface area contributed by atoms with Crippen LogP contribution in [0.4, 0.5) is 0 Å². The number of carbonyl (C=O) groups is 3. The highest BCUT2D eigenvalue weighted by Crippen LogP contribution is 2.35. The highest BCUT2D eigenvalue weighted by atomic mass is 16.5. The summed E-state index contributed by atoms with van der Waals surface area (Å²) >= 11 is 0. The number of esters is 2. The molecule has 2 aromatic carbocycles. The molecule has 134 valence electrons. The van der Waals surface area contributed by atoms with Crippen LogP contribution < -0.4 is 14.2 Å². The number of benzene rings is 2. The van der Waals surface area contributed by atoms with E-state index in [-0.39, 0.29) is 22.8 Å². The van der Waals surface area contributed by atoms with Crippen molar-refractivity contribution in [3.8, 4) is 17.2 Å². The molecule has 0 spiro atoms. The van der Waals surface area contributed by atoms with Crippen LogP contribution >= 0.6 is 0 Å². The van der Waals surface area contributed by atoms with Crippen LogP contribution in [0.25, 0.3) is 6.08 Å². The molecule has 2 aromatic rings. The fraction of sp³-hybridized carbons (Fsp3) is 0.150. The molecule has 0 heterocycles. The van der Waals surface area contributed by atoms with Crippen molar-refractivity contribution in [3.05, 3.63) is 59.7 Å². The van der Waals surface area contributed by atoms with Gasteiger partial charge in [-0.2, -0.15) is 0 Å². The average Bonchev–Trinajstić information content (AvgIpc) is 2.59. The summed E-state index contributed by atoms with van der Waals surface area (Å²) in [5, 5.41) is 0. The molecule has 0 atom stereocenters. The Morgan fingerprint density at radius 2 is 1.42 bits per heavy atom. The quantitative estimate of drug-likeness (QED) is 0.342. The van der Waals surface area contributed by atoms with Crippen molar-refractivity contribution in [3.63, 3.8) is 0 Å². The van der Waals surface area contributed by atoms with Gasteiger partial charge in [0.2, 0.25) is 0 Å². The number of allylic oxidation sites excluding steroid dienone is 1. The fourth-order valence-electron chi connectivity index (χ4n) is 2.22. The molecular formula is C20H18O6. The van der Waals surface area contributed by atoms with Crippen molar-refractivity contribution in [2.45, 2.75) is 13.8 Å². The van der Waals surface area contributed by atoms with Crippen LogP contribution in [0, 0.1) is 0 Å². The third-order valence-corrected chi connectivity index (χ3v) is 3.26. The molecule has 6 nitrogen and oxygen atoms in total. The Labute approximate surface area is 151 Å². The smallest absolute Gasteiger partial charge is 0.308 e. The number of hydrogen-bond donors (Lipinski definition) is 0. The minimum absolute atomic E-state index is 0.0385. The van der Waals surface area contributed by atoms with Crippen LogP contribution in [0.1, 0.15) is 29.8 Å². The number of ketones is 1. The van der Waals surface area contributed by atoms with Gasteiger partial charge < -0.3 is 14.2 Å². The lowest BCUT2D eigenvalue weighted by Gasteiger charge is -2.13. The van der Waals surface area contributed by atoms with E-state index in [1.54, 1.807) is 6.08 Å². The predicted octanol–water partition coefficient (Wildman–Crippen LogP) is 3.44. The van der Waals surface area contributed by atoms with Gasteiger partial charge in [0.1, 0.15) is 22.8 Å². The van der Waals surface area contributed by atoms with E-state index in [0.717, 1.165) is 5.56 Å². The van der Waals surface area contributed by atoms with Crippen molar-refractivity contribution in [2.24, 2.45) is 0 Å². The average molecular weight is 354 g/mol. The van der Waals surface area contributed by atoms with Gasteiger partial charge in [0.25, 0.3) is 0 Å². The van der Waals surface area contributed by atoms with E-state index in [2.05, 4.69) is 0 Å². The van der Waals surface area contributed by atoms with Crippen molar-refractivity contribution < 1.29 is 28.6 Å². The lowest BCUT2D eigenvalue weighted by molar-refractivity contribution is -0.132. The Hall–Kier alpha value is -3.41.